The molecule has 14 heavy (non-hydrogen) atoms. The molecule has 2 rings (SSSR count). The molecule has 0 bridgehead atoms. The van der Waals surface area contributed by atoms with Crippen LogP contribution < -0.4 is 0 Å². The van der Waals surface area contributed by atoms with Gasteiger partial charge < -0.3 is 4.40 Å². The van der Waals surface area contributed by atoms with Crippen molar-refractivity contribution in [2.24, 2.45) is 0 Å². The van der Waals surface area contributed by atoms with Gasteiger partial charge in [0.15, 0.2) is 0 Å². The van der Waals surface area contributed by atoms with Crippen LogP contribution in [0.25, 0.3) is 5.52 Å². The smallest absolute Gasteiger partial charge is 0.132 e. The maximum atomic E-state index is 4.50. The van der Waals surface area contributed by atoms with Gasteiger partial charge >= 0.3 is 0 Å². The summed E-state index contributed by atoms with van der Waals surface area (Å²) in [6.45, 7) is 4.27. The van der Waals surface area contributed by atoms with Crippen molar-refractivity contribution in [2.75, 3.05) is 0 Å². The largest absolute Gasteiger partial charge is 0.303 e. The molecule has 3 heteroatoms. The number of aromatic nitrogens is 2. The zero-order chi connectivity index (χ0) is 10.1. The summed E-state index contributed by atoms with van der Waals surface area (Å²) in [5, 5.41) is 0. The van der Waals surface area contributed by atoms with E-state index < -0.39 is 0 Å². The predicted molar refractivity (Wildman–Crippen MR) is 61.6 cm³/mol. The van der Waals surface area contributed by atoms with Crippen LogP contribution in [0.2, 0.25) is 0 Å². The molecule has 0 fully saturated rings. The predicted octanol–water partition coefficient (Wildman–Crippen LogP) is 3.36. The van der Waals surface area contributed by atoms with Crippen LogP contribution in [0.1, 0.15) is 24.7 Å². The third kappa shape index (κ3) is 1.57. The van der Waals surface area contributed by atoms with Crippen molar-refractivity contribution in [3.05, 3.63) is 34.3 Å². The van der Waals surface area contributed by atoms with Crippen LogP contribution in [-0.4, -0.2) is 9.38 Å². The van der Waals surface area contributed by atoms with Gasteiger partial charge in [0.2, 0.25) is 0 Å². The van der Waals surface area contributed by atoms with Crippen molar-refractivity contribution in [3.8, 4) is 0 Å². The highest BCUT2D eigenvalue weighted by atomic mass is 79.9. The lowest BCUT2D eigenvalue weighted by Crippen LogP contribution is -1.93. The van der Waals surface area contributed by atoms with Crippen LogP contribution in [0.5, 0.6) is 0 Å². The highest BCUT2D eigenvalue weighted by molar-refractivity contribution is 9.10. The molecule has 0 N–H and O–H groups in total. The molecule has 74 valence electrons. The number of imidazole rings is 1. The summed E-state index contributed by atoms with van der Waals surface area (Å²) in [5.74, 6) is 1.13. The van der Waals surface area contributed by atoms with Gasteiger partial charge in [-0.15, -0.1) is 0 Å². The number of aryl methyl sites for hydroxylation is 2. The second-order valence-corrected chi connectivity index (χ2v) is 4.28. The Labute approximate surface area is 92.1 Å². The SMILES string of the molecule is CCCc1nc(Br)c2cc(C)ccn12. The Kier molecular flexibility index (Phi) is 2.59. The van der Waals surface area contributed by atoms with Crippen molar-refractivity contribution in [1.82, 2.24) is 9.38 Å². The maximum absolute atomic E-state index is 4.50. The van der Waals surface area contributed by atoms with Crippen LogP contribution in [-0.2, 0) is 6.42 Å². The molecule has 0 amide bonds. The van der Waals surface area contributed by atoms with Crippen molar-refractivity contribution >= 4 is 21.4 Å². The molecule has 0 unspecified atom stereocenters. The molecular formula is C11H13BrN2. The van der Waals surface area contributed by atoms with Gasteiger partial charge in [-0.25, -0.2) is 4.98 Å². The summed E-state index contributed by atoms with van der Waals surface area (Å²) in [7, 11) is 0. The molecule has 0 aromatic carbocycles. The Morgan fingerprint density at radius 3 is 3.00 bits per heavy atom. The van der Waals surface area contributed by atoms with E-state index in [9.17, 15) is 0 Å². The number of halogens is 1. The summed E-state index contributed by atoms with van der Waals surface area (Å²) in [5.41, 5.74) is 2.43. The lowest BCUT2D eigenvalue weighted by Gasteiger charge is -1.99. The lowest BCUT2D eigenvalue weighted by molar-refractivity contribution is 0.829. The van der Waals surface area contributed by atoms with Gasteiger partial charge in [0.25, 0.3) is 0 Å². The third-order valence-corrected chi connectivity index (χ3v) is 2.88. The molecular weight excluding hydrogens is 240 g/mol. The van der Waals surface area contributed by atoms with Crippen LogP contribution in [0.3, 0.4) is 0 Å². The summed E-state index contributed by atoms with van der Waals surface area (Å²) in [6.07, 6.45) is 4.24. The van der Waals surface area contributed by atoms with E-state index >= 15 is 0 Å². The fraction of sp³-hybridized carbons (Fsp3) is 0.364. The van der Waals surface area contributed by atoms with Gasteiger partial charge in [0, 0.05) is 12.6 Å². The van der Waals surface area contributed by atoms with E-state index in [4.69, 9.17) is 0 Å². The van der Waals surface area contributed by atoms with E-state index in [1.807, 2.05) is 0 Å². The van der Waals surface area contributed by atoms with Gasteiger partial charge in [-0.1, -0.05) is 6.92 Å². The van der Waals surface area contributed by atoms with E-state index in [-0.39, 0.29) is 0 Å². The second kappa shape index (κ2) is 3.73. The zero-order valence-corrected chi connectivity index (χ0v) is 10.0. The van der Waals surface area contributed by atoms with Crippen LogP contribution in [0.4, 0.5) is 0 Å². The average molecular weight is 253 g/mol. The minimum absolute atomic E-state index is 0.949. The fourth-order valence-electron chi connectivity index (χ4n) is 1.61. The number of hydrogen-bond acceptors (Lipinski definition) is 1. The molecule has 0 saturated carbocycles. The van der Waals surface area contributed by atoms with Crippen LogP contribution in [0, 0.1) is 6.92 Å². The molecule has 0 atom stereocenters. The highest BCUT2D eigenvalue weighted by Gasteiger charge is 2.07. The Hall–Kier alpha value is -0.830. The highest BCUT2D eigenvalue weighted by Crippen LogP contribution is 2.20. The number of fused-ring (bicyclic) bond motifs is 1. The normalized spacial score (nSPS) is 11.1. The Balaban J connectivity index is 2.65. The quantitative estimate of drug-likeness (QED) is 0.802. The van der Waals surface area contributed by atoms with E-state index in [1.165, 1.54) is 5.56 Å². The molecule has 2 aromatic rings. The minimum atomic E-state index is 0.949. The molecule has 0 radical (unpaired) electrons. The molecule has 0 aliphatic heterocycles. The van der Waals surface area contributed by atoms with Crippen LogP contribution >= 0.6 is 15.9 Å². The summed E-state index contributed by atoms with van der Waals surface area (Å²) in [4.78, 5) is 4.50. The third-order valence-electron chi connectivity index (χ3n) is 2.30. The standard InChI is InChI=1S/C11H13BrN2/c1-3-4-10-13-11(12)9-7-8(2)5-6-14(9)10/h5-7H,3-4H2,1-2H3. The molecule has 0 spiro atoms. The van der Waals surface area contributed by atoms with Crippen molar-refractivity contribution in [3.63, 3.8) is 0 Å². The first-order chi connectivity index (χ1) is 6.72. The van der Waals surface area contributed by atoms with Gasteiger partial charge in [-0.2, -0.15) is 0 Å². The number of nitrogens with zero attached hydrogens (tertiary/aromatic N) is 2. The maximum Gasteiger partial charge on any atom is 0.132 e. The molecule has 2 heterocycles. The second-order valence-electron chi connectivity index (χ2n) is 3.53. The summed E-state index contributed by atoms with van der Waals surface area (Å²) < 4.78 is 3.10. The topological polar surface area (TPSA) is 17.3 Å². The van der Waals surface area contributed by atoms with Gasteiger partial charge in [-0.3, -0.25) is 0 Å². The first kappa shape index (κ1) is 9.71. The first-order valence-electron chi connectivity index (χ1n) is 4.85. The zero-order valence-electron chi connectivity index (χ0n) is 8.42. The number of hydrogen-bond donors (Lipinski definition) is 0. The van der Waals surface area contributed by atoms with E-state index in [1.54, 1.807) is 0 Å². The Morgan fingerprint density at radius 2 is 2.29 bits per heavy atom. The Bertz CT molecular complexity index is 460. The van der Waals surface area contributed by atoms with Gasteiger partial charge in [-0.05, 0) is 47.0 Å². The van der Waals surface area contributed by atoms with E-state index in [0.717, 1.165) is 28.8 Å². The first-order valence-corrected chi connectivity index (χ1v) is 5.64. The van der Waals surface area contributed by atoms with Gasteiger partial charge in [0.1, 0.15) is 10.4 Å². The monoisotopic (exact) mass is 252 g/mol. The van der Waals surface area contributed by atoms with Crippen molar-refractivity contribution in [2.45, 2.75) is 26.7 Å². The van der Waals surface area contributed by atoms with Crippen molar-refractivity contribution in [1.29, 1.82) is 0 Å². The van der Waals surface area contributed by atoms with Crippen LogP contribution in [0.15, 0.2) is 22.9 Å². The molecule has 0 saturated heterocycles. The van der Waals surface area contributed by atoms with E-state index in [0.29, 0.717) is 0 Å². The number of pyridine rings is 1. The molecule has 0 aliphatic rings. The average Bonchev–Trinajstić information content (AvgIpc) is 2.44. The summed E-state index contributed by atoms with van der Waals surface area (Å²) in [6, 6.07) is 4.26. The molecule has 0 aliphatic carbocycles. The fourth-order valence-corrected chi connectivity index (χ4v) is 2.12. The number of rotatable bonds is 2. The summed E-state index contributed by atoms with van der Waals surface area (Å²) >= 11 is 3.49. The van der Waals surface area contributed by atoms with Gasteiger partial charge in [0.05, 0.1) is 5.52 Å². The molecule has 2 nitrogen and oxygen atoms in total. The molecule has 2 aromatic heterocycles. The van der Waals surface area contributed by atoms with Crippen molar-refractivity contribution < 1.29 is 0 Å². The van der Waals surface area contributed by atoms with E-state index in [2.05, 4.69) is 57.5 Å². The minimum Gasteiger partial charge on any atom is -0.303 e. The Morgan fingerprint density at radius 1 is 1.50 bits per heavy atom. The lowest BCUT2D eigenvalue weighted by atomic mass is 10.3.